The summed E-state index contributed by atoms with van der Waals surface area (Å²) in [7, 11) is 0. The van der Waals surface area contributed by atoms with Crippen LogP contribution in [0.3, 0.4) is 0 Å². The summed E-state index contributed by atoms with van der Waals surface area (Å²) >= 11 is 0. The van der Waals surface area contributed by atoms with Gasteiger partial charge in [0.15, 0.2) is 5.75 Å². The molecular formula is C20H13N3NaO4. The van der Waals surface area contributed by atoms with Gasteiger partial charge in [0, 0.05) is 52.5 Å². The third-order valence-electron chi connectivity index (χ3n) is 4.30. The number of phenolic OH excluding ortho intramolecular Hbond substituents is 2. The average Bonchev–Trinajstić information content (AvgIpc) is 2.68. The fourth-order valence-electron chi connectivity index (χ4n) is 2.94. The van der Waals surface area contributed by atoms with Gasteiger partial charge in [-0.2, -0.15) is 0 Å². The van der Waals surface area contributed by atoms with Crippen molar-refractivity contribution in [2.75, 3.05) is 0 Å². The van der Waals surface area contributed by atoms with Gasteiger partial charge in [0.05, 0.1) is 4.92 Å². The molecule has 28 heavy (non-hydrogen) atoms. The molecule has 0 unspecified atom stereocenters. The van der Waals surface area contributed by atoms with Crippen LogP contribution in [0.5, 0.6) is 11.5 Å². The Kier molecular flexibility index (Phi) is 5.60. The number of azo groups is 1. The molecule has 4 aromatic carbocycles. The van der Waals surface area contributed by atoms with E-state index in [4.69, 9.17) is 0 Å². The maximum atomic E-state index is 10.9. The Labute approximate surface area is 181 Å². The van der Waals surface area contributed by atoms with Crippen molar-refractivity contribution >= 4 is 68.2 Å². The number of nitrogens with zero attached hydrogens (tertiary/aromatic N) is 3. The van der Waals surface area contributed by atoms with Gasteiger partial charge in [-0.1, -0.05) is 36.4 Å². The van der Waals surface area contributed by atoms with Crippen LogP contribution < -0.4 is 0 Å². The fourth-order valence-corrected chi connectivity index (χ4v) is 2.94. The quantitative estimate of drug-likeness (QED) is 0.215. The molecule has 4 aromatic rings. The zero-order chi connectivity index (χ0) is 19.0. The van der Waals surface area contributed by atoms with E-state index in [2.05, 4.69) is 10.2 Å². The van der Waals surface area contributed by atoms with Crippen LogP contribution >= 0.6 is 0 Å². The number of hydrogen-bond acceptors (Lipinski definition) is 6. The summed E-state index contributed by atoms with van der Waals surface area (Å²) in [5, 5.41) is 42.3. The molecule has 8 heteroatoms. The van der Waals surface area contributed by atoms with Crippen molar-refractivity contribution in [1.29, 1.82) is 0 Å². The van der Waals surface area contributed by atoms with Crippen LogP contribution in [-0.2, 0) is 0 Å². The number of rotatable bonds is 3. The molecule has 0 bridgehead atoms. The molecule has 0 saturated carbocycles. The Bertz CT molecular complexity index is 1240. The van der Waals surface area contributed by atoms with E-state index in [9.17, 15) is 20.3 Å². The maximum absolute atomic E-state index is 10.9. The SMILES string of the molecule is O=[N+]([O-])c1ccc2c(N=Nc3ccc4ccccc4c3O)c(O)ccc2c1.[Na]. The van der Waals surface area contributed by atoms with Crippen LogP contribution in [0.2, 0.25) is 0 Å². The molecule has 0 fully saturated rings. The summed E-state index contributed by atoms with van der Waals surface area (Å²) in [5.74, 6) is -0.118. The zero-order valence-electron chi connectivity index (χ0n) is 14.9. The molecule has 0 atom stereocenters. The summed E-state index contributed by atoms with van der Waals surface area (Å²) in [6.45, 7) is 0. The van der Waals surface area contributed by atoms with Crippen molar-refractivity contribution in [3.63, 3.8) is 0 Å². The first-order valence-electron chi connectivity index (χ1n) is 8.07. The van der Waals surface area contributed by atoms with Gasteiger partial charge in [-0.3, -0.25) is 10.1 Å². The second-order valence-corrected chi connectivity index (χ2v) is 5.95. The number of aromatic hydroxyl groups is 2. The minimum Gasteiger partial charge on any atom is -0.506 e. The Morgan fingerprint density at radius 1 is 0.821 bits per heavy atom. The van der Waals surface area contributed by atoms with E-state index >= 15 is 0 Å². The molecule has 0 aliphatic carbocycles. The number of non-ortho nitro benzene ring substituents is 1. The normalized spacial score (nSPS) is 11.0. The topological polar surface area (TPSA) is 108 Å². The Morgan fingerprint density at radius 2 is 1.57 bits per heavy atom. The number of hydrogen-bond donors (Lipinski definition) is 2. The predicted octanol–water partition coefficient (Wildman–Crippen LogP) is 5.35. The maximum Gasteiger partial charge on any atom is 0.270 e. The molecule has 0 heterocycles. The fraction of sp³-hybridized carbons (Fsp3) is 0. The second kappa shape index (κ2) is 7.93. The first kappa shape index (κ1) is 19.8. The van der Waals surface area contributed by atoms with Crippen molar-refractivity contribution in [3.8, 4) is 11.5 Å². The predicted molar refractivity (Wildman–Crippen MR) is 108 cm³/mol. The number of benzene rings is 4. The molecular weight excluding hydrogens is 369 g/mol. The Hall–Kier alpha value is -3.00. The molecule has 0 spiro atoms. The molecule has 0 saturated heterocycles. The van der Waals surface area contributed by atoms with E-state index in [1.165, 1.54) is 24.3 Å². The van der Waals surface area contributed by atoms with Crippen LogP contribution in [0.4, 0.5) is 17.1 Å². The minimum atomic E-state index is -0.486. The summed E-state index contributed by atoms with van der Waals surface area (Å²) in [6.07, 6.45) is 0. The first-order chi connectivity index (χ1) is 13.0. The molecule has 0 aliphatic heterocycles. The van der Waals surface area contributed by atoms with Crippen LogP contribution in [0.15, 0.2) is 77.0 Å². The minimum absolute atomic E-state index is 0. The third kappa shape index (κ3) is 3.55. The Balaban J connectivity index is 0.00000225. The molecule has 7 nitrogen and oxygen atoms in total. The summed E-state index contributed by atoms with van der Waals surface area (Å²) in [4.78, 5) is 10.5. The molecule has 4 rings (SSSR count). The third-order valence-corrected chi connectivity index (χ3v) is 4.30. The zero-order valence-corrected chi connectivity index (χ0v) is 16.9. The van der Waals surface area contributed by atoms with Gasteiger partial charge in [-0.15, -0.1) is 10.2 Å². The van der Waals surface area contributed by atoms with Crippen LogP contribution in [0, 0.1) is 10.1 Å². The number of nitro benzene ring substituents is 1. The van der Waals surface area contributed by atoms with Crippen molar-refractivity contribution < 1.29 is 15.1 Å². The molecule has 0 aromatic heterocycles. The van der Waals surface area contributed by atoms with E-state index in [-0.39, 0.29) is 58.1 Å². The Morgan fingerprint density at radius 3 is 2.36 bits per heavy atom. The smallest absolute Gasteiger partial charge is 0.270 e. The monoisotopic (exact) mass is 382 g/mol. The van der Waals surface area contributed by atoms with E-state index in [0.717, 1.165) is 5.39 Å². The van der Waals surface area contributed by atoms with Gasteiger partial charge < -0.3 is 10.2 Å². The average molecular weight is 382 g/mol. The standard InChI is InChI=1S/C20H13N3O4.Na/c24-18-10-6-13-11-14(23(26)27)7-8-15(13)19(18)22-21-17-9-5-12-3-1-2-4-16(12)20(17)25;/h1-11,24-25H;. The molecule has 2 N–H and O–H groups in total. The molecule has 1 radical (unpaired) electrons. The van der Waals surface area contributed by atoms with E-state index < -0.39 is 4.92 Å². The van der Waals surface area contributed by atoms with Gasteiger partial charge in [0.2, 0.25) is 0 Å². The van der Waals surface area contributed by atoms with Crippen LogP contribution in [-0.4, -0.2) is 44.7 Å². The van der Waals surface area contributed by atoms with Gasteiger partial charge in [-0.25, -0.2) is 0 Å². The van der Waals surface area contributed by atoms with Crippen molar-refractivity contribution in [3.05, 3.63) is 76.8 Å². The molecule has 0 aliphatic rings. The number of fused-ring (bicyclic) bond motifs is 2. The molecule has 0 amide bonds. The number of nitro groups is 1. The van der Waals surface area contributed by atoms with Gasteiger partial charge in [0.1, 0.15) is 17.1 Å². The van der Waals surface area contributed by atoms with E-state index in [1.807, 2.05) is 24.3 Å². The van der Waals surface area contributed by atoms with Gasteiger partial charge in [-0.05, 0) is 29.0 Å². The van der Waals surface area contributed by atoms with E-state index in [1.54, 1.807) is 18.2 Å². The largest absolute Gasteiger partial charge is 0.506 e. The second-order valence-electron chi connectivity index (χ2n) is 5.95. The summed E-state index contributed by atoms with van der Waals surface area (Å²) in [5.41, 5.74) is 0.380. The number of phenols is 2. The first-order valence-corrected chi connectivity index (χ1v) is 8.07. The molecule has 133 valence electrons. The van der Waals surface area contributed by atoms with Crippen molar-refractivity contribution in [2.24, 2.45) is 10.2 Å². The van der Waals surface area contributed by atoms with Gasteiger partial charge >= 0.3 is 0 Å². The summed E-state index contributed by atoms with van der Waals surface area (Å²) in [6, 6.07) is 18.0. The van der Waals surface area contributed by atoms with Crippen LogP contribution in [0.25, 0.3) is 21.5 Å². The van der Waals surface area contributed by atoms with Crippen molar-refractivity contribution in [2.45, 2.75) is 0 Å². The van der Waals surface area contributed by atoms with Crippen molar-refractivity contribution in [1.82, 2.24) is 0 Å². The summed E-state index contributed by atoms with van der Waals surface area (Å²) < 4.78 is 0. The van der Waals surface area contributed by atoms with Crippen LogP contribution in [0.1, 0.15) is 0 Å². The van der Waals surface area contributed by atoms with Gasteiger partial charge in [0.25, 0.3) is 5.69 Å². The van der Waals surface area contributed by atoms with E-state index in [0.29, 0.717) is 16.2 Å².